The Morgan fingerprint density at radius 1 is 1.04 bits per heavy atom. The molecule has 3 N–H and O–H groups in total. The zero-order chi connectivity index (χ0) is 35.8. The number of ether oxygens (including phenoxy) is 4. The summed E-state index contributed by atoms with van der Waals surface area (Å²) in [7, 11) is 0. The van der Waals surface area contributed by atoms with Crippen molar-refractivity contribution < 1.29 is 34.0 Å². The topological polar surface area (TPSA) is 114 Å². The van der Waals surface area contributed by atoms with Crippen molar-refractivity contribution in [2.45, 2.75) is 166 Å². The highest BCUT2D eigenvalue weighted by Gasteiger charge is 2.86. The molecule has 0 amide bonds. The summed E-state index contributed by atoms with van der Waals surface area (Å²) in [6.45, 7) is 21.6. The number of benzene rings is 1. The predicted octanol–water partition coefficient (Wildman–Crippen LogP) is 6.51. The van der Waals surface area contributed by atoms with Gasteiger partial charge in [-0.25, -0.2) is 0 Å². The third-order valence-corrected chi connectivity index (χ3v) is 15.7. The van der Waals surface area contributed by atoms with Gasteiger partial charge in [0.25, 0.3) is 0 Å². The average molecular weight is 688 g/mol. The number of carbonyl (C=O) groups is 1. The number of aromatic amines is 1. The van der Waals surface area contributed by atoms with Gasteiger partial charge in [0.1, 0.15) is 23.9 Å². The van der Waals surface area contributed by atoms with Crippen LogP contribution in [-0.2, 0) is 37.2 Å². The van der Waals surface area contributed by atoms with E-state index in [1.807, 2.05) is 39.8 Å². The lowest BCUT2D eigenvalue weighted by atomic mass is 9.40. The Morgan fingerprint density at radius 3 is 2.50 bits per heavy atom. The molecule has 9 rings (SSSR count). The Morgan fingerprint density at radius 2 is 1.78 bits per heavy atom. The lowest BCUT2D eigenvalue weighted by Gasteiger charge is -2.66. The van der Waals surface area contributed by atoms with Crippen LogP contribution in [0.1, 0.15) is 122 Å². The average Bonchev–Trinajstić information content (AvgIpc) is 3.52. The lowest BCUT2D eigenvalue weighted by Crippen LogP contribution is -2.76. The fourth-order valence-electron chi connectivity index (χ4n) is 13.1. The Bertz CT molecular complexity index is 1850. The second-order valence-corrected chi connectivity index (χ2v) is 19.4. The van der Waals surface area contributed by atoms with E-state index in [0.29, 0.717) is 18.9 Å². The first kappa shape index (κ1) is 33.7. The molecule has 1 spiro atoms. The maximum Gasteiger partial charge on any atom is 0.169 e. The summed E-state index contributed by atoms with van der Waals surface area (Å²) in [5.74, 6) is 0.492. The summed E-state index contributed by atoms with van der Waals surface area (Å²) in [5, 5.41) is 26.3. The first-order valence-electron chi connectivity index (χ1n) is 19.2. The minimum Gasteiger partial charge on any atom is -0.387 e. The number of epoxide rings is 1. The second-order valence-electron chi connectivity index (χ2n) is 19.4. The minimum atomic E-state index is -1.20. The molecule has 8 nitrogen and oxygen atoms in total. The number of aliphatic hydroxyl groups excluding tert-OH is 1. The van der Waals surface area contributed by atoms with Gasteiger partial charge in [-0.05, 0) is 123 Å². The molecule has 4 aliphatic carbocycles. The van der Waals surface area contributed by atoms with Gasteiger partial charge in [-0.2, -0.15) is 0 Å². The molecule has 1 aromatic heterocycles. The number of hydrogen-bond donors (Lipinski definition) is 3. The fraction of sp³-hybridized carbons (Fsp3) is 0.738. The Labute approximate surface area is 296 Å². The molecule has 50 heavy (non-hydrogen) atoms. The predicted molar refractivity (Wildman–Crippen MR) is 190 cm³/mol. The van der Waals surface area contributed by atoms with Crippen LogP contribution in [0, 0.1) is 23.2 Å². The van der Waals surface area contributed by atoms with Crippen LogP contribution in [-0.4, -0.2) is 80.0 Å². The van der Waals surface area contributed by atoms with Crippen LogP contribution in [0.2, 0.25) is 0 Å². The standard InChI is InChI=1S/C42H57NO7/c1-21(2)15-18-47-38(7,8)34-32(45)35-42(49-35)28(48-34)14-16-39(9)40(10)22(13-17-41(39,42)46)19-25-29-24-20-26-30(37(5,6)50-36(26,3)4)31(44)23(24)11-12-27(29)43-33(25)40/h11-12,15,22,26,28,30,32,34-35,43,45-46H,13-14,16-20H2,1-10H3/t22-,26?,28-,30?,32?,34-,35?,39+,40+,41-,42?/m0/s1. The van der Waals surface area contributed by atoms with E-state index >= 15 is 0 Å². The minimum absolute atomic E-state index is 0.109. The van der Waals surface area contributed by atoms with Crippen molar-refractivity contribution in [3.8, 4) is 0 Å². The van der Waals surface area contributed by atoms with Gasteiger partial charge < -0.3 is 34.1 Å². The molecule has 0 bridgehead atoms. The molecule has 5 unspecified atom stereocenters. The van der Waals surface area contributed by atoms with Gasteiger partial charge >= 0.3 is 0 Å². The van der Waals surface area contributed by atoms with Gasteiger partial charge in [-0.3, -0.25) is 4.79 Å². The van der Waals surface area contributed by atoms with E-state index in [0.717, 1.165) is 43.2 Å². The quantitative estimate of drug-likeness (QED) is 0.248. The van der Waals surface area contributed by atoms with Gasteiger partial charge in [0.05, 0.1) is 35.4 Å². The van der Waals surface area contributed by atoms with Gasteiger partial charge in [0.15, 0.2) is 11.4 Å². The van der Waals surface area contributed by atoms with E-state index in [1.54, 1.807) is 0 Å². The number of allylic oxidation sites excluding steroid dienone is 1. The number of rotatable bonds is 4. The highest BCUT2D eigenvalue weighted by atomic mass is 16.7. The molecular weight excluding hydrogens is 630 g/mol. The molecule has 2 aromatic rings. The van der Waals surface area contributed by atoms with Gasteiger partial charge in [-0.15, -0.1) is 0 Å². The van der Waals surface area contributed by atoms with E-state index < -0.39 is 51.7 Å². The molecule has 3 aliphatic heterocycles. The number of ketones is 1. The number of fused-ring (bicyclic) bond motifs is 10. The third-order valence-electron chi connectivity index (χ3n) is 15.7. The molecule has 8 heteroatoms. The molecule has 5 fully saturated rings. The monoisotopic (exact) mass is 687 g/mol. The van der Waals surface area contributed by atoms with Gasteiger partial charge in [-0.1, -0.05) is 25.5 Å². The first-order valence-corrected chi connectivity index (χ1v) is 19.2. The normalized spacial score (nSPS) is 44.7. The molecule has 2 saturated carbocycles. The van der Waals surface area contributed by atoms with E-state index in [-0.39, 0.29) is 29.1 Å². The zero-order valence-corrected chi connectivity index (χ0v) is 31.7. The maximum absolute atomic E-state index is 14.2. The summed E-state index contributed by atoms with van der Waals surface area (Å²) >= 11 is 0. The fourth-order valence-corrected chi connectivity index (χ4v) is 13.1. The van der Waals surface area contributed by atoms with E-state index in [1.165, 1.54) is 27.8 Å². The van der Waals surface area contributed by atoms with E-state index in [4.69, 9.17) is 18.9 Å². The third kappa shape index (κ3) is 3.81. The number of nitrogens with one attached hydrogen (secondary N) is 1. The van der Waals surface area contributed by atoms with Gasteiger partial charge in [0.2, 0.25) is 0 Å². The maximum atomic E-state index is 14.2. The number of Topliss-reactive ketones (excluding diaryl/α,β-unsaturated/α-hetero) is 1. The Kier molecular flexibility index (Phi) is 6.69. The van der Waals surface area contributed by atoms with Crippen molar-refractivity contribution in [3.05, 3.63) is 46.2 Å². The van der Waals surface area contributed by atoms with Crippen LogP contribution in [0.4, 0.5) is 0 Å². The van der Waals surface area contributed by atoms with Crippen molar-refractivity contribution in [1.82, 2.24) is 4.98 Å². The molecule has 272 valence electrons. The SMILES string of the molecule is CC(C)=CCOC(C)(C)[C@H]1O[C@H]2CC[C@]3(C)[C@@]4(C)c5[nH]c6ccc7c(c6c5C[C@@H]4CC[C@@]3(O)C23OC3C1O)CC1C(C7=O)C(C)(C)OC1(C)C. The zero-order valence-electron chi connectivity index (χ0n) is 31.7. The van der Waals surface area contributed by atoms with Crippen LogP contribution in [0.15, 0.2) is 23.8 Å². The van der Waals surface area contributed by atoms with Crippen LogP contribution in [0.5, 0.6) is 0 Å². The largest absolute Gasteiger partial charge is 0.387 e. The molecular formula is C42H57NO7. The van der Waals surface area contributed by atoms with Gasteiger partial charge in [0, 0.05) is 38.9 Å². The van der Waals surface area contributed by atoms with Crippen LogP contribution >= 0.6 is 0 Å². The van der Waals surface area contributed by atoms with Crippen molar-refractivity contribution >= 4 is 16.7 Å². The van der Waals surface area contributed by atoms with Crippen LogP contribution in [0.25, 0.3) is 10.9 Å². The molecule has 3 saturated heterocycles. The molecule has 1 aromatic carbocycles. The Hall–Kier alpha value is -2.07. The number of aromatic nitrogens is 1. The molecule has 7 aliphatic rings. The van der Waals surface area contributed by atoms with Crippen molar-refractivity contribution in [2.24, 2.45) is 23.2 Å². The van der Waals surface area contributed by atoms with Crippen molar-refractivity contribution in [1.29, 1.82) is 0 Å². The number of hydrogen-bond acceptors (Lipinski definition) is 7. The number of aliphatic hydroxyl groups is 2. The van der Waals surface area contributed by atoms with E-state index in [9.17, 15) is 15.0 Å². The molecule has 11 atom stereocenters. The molecule has 0 radical (unpaired) electrons. The summed E-state index contributed by atoms with van der Waals surface area (Å²) in [6, 6.07) is 4.15. The van der Waals surface area contributed by atoms with Crippen LogP contribution < -0.4 is 0 Å². The highest BCUT2D eigenvalue weighted by Crippen LogP contribution is 2.75. The second kappa shape index (κ2) is 9.91. The summed E-state index contributed by atoms with van der Waals surface area (Å²) < 4.78 is 26.3. The summed E-state index contributed by atoms with van der Waals surface area (Å²) in [4.78, 5) is 18.2. The number of H-pyrrole nitrogens is 1. The summed E-state index contributed by atoms with van der Waals surface area (Å²) in [5.41, 5.74) is 2.08. The van der Waals surface area contributed by atoms with Crippen molar-refractivity contribution in [2.75, 3.05) is 6.61 Å². The Balaban J connectivity index is 1.09. The first-order chi connectivity index (χ1) is 23.3. The molecule has 4 heterocycles. The van der Waals surface area contributed by atoms with Crippen molar-refractivity contribution in [3.63, 3.8) is 0 Å². The van der Waals surface area contributed by atoms with Crippen LogP contribution in [0.3, 0.4) is 0 Å². The smallest absolute Gasteiger partial charge is 0.169 e. The summed E-state index contributed by atoms with van der Waals surface area (Å²) in [6.07, 6.45) is 4.39. The highest BCUT2D eigenvalue weighted by molar-refractivity contribution is 6.06. The number of carbonyl (C=O) groups excluding carboxylic acids is 1. The van der Waals surface area contributed by atoms with E-state index in [2.05, 4.69) is 52.6 Å². The lowest BCUT2D eigenvalue weighted by molar-refractivity contribution is -0.283.